The Hall–Kier alpha value is -2.60. The third kappa shape index (κ3) is 1.92. The molecule has 0 aromatic heterocycles. The summed E-state index contributed by atoms with van der Waals surface area (Å²) in [5.74, 6) is 0. The molecule has 3 aromatic carbocycles. The smallest absolute Gasteiger partial charge is 0.00699 e. The van der Waals surface area contributed by atoms with Crippen LogP contribution in [0.5, 0.6) is 0 Å². The Labute approximate surface area is 124 Å². The monoisotopic (exact) mass is 268 g/mol. The van der Waals surface area contributed by atoms with Crippen molar-refractivity contribution in [1.82, 2.24) is 0 Å². The third-order valence-electron chi connectivity index (χ3n) is 4.21. The van der Waals surface area contributed by atoms with Crippen LogP contribution in [0, 0.1) is 0 Å². The summed E-state index contributed by atoms with van der Waals surface area (Å²) in [5.41, 5.74) is 3.79. The Kier molecular flexibility index (Phi) is 2.75. The maximum atomic E-state index is 4.31. The molecule has 100 valence electrons. The molecule has 0 heteroatoms. The zero-order chi connectivity index (χ0) is 14.2. The molecular formula is C21H16. The third-order valence-corrected chi connectivity index (χ3v) is 4.21. The largest absolute Gasteiger partial charge is 0.0949 e. The van der Waals surface area contributed by atoms with Crippen molar-refractivity contribution in [2.45, 2.75) is 6.42 Å². The first-order chi connectivity index (χ1) is 10.3. The molecule has 0 atom stereocenters. The molecule has 0 aliphatic heterocycles. The van der Waals surface area contributed by atoms with Gasteiger partial charge in [0.2, 0.25) is 0 Å². The molecular weight excluding hydrogens is 252 g/mol. The molecule has 0 saturated carbocycles. The van der Waals surface area contributed by atoms with Crippen molar-refractivity contribution in [1.29, 1.82) is 0 Å². The molecule has 21 heavy (non-hydrogen) atoms. The molecule has 0 unspecified atom stereocenters. The maximum absolute atomic E-state index is 4.31. The number of hydrogen-bond donors (Lipinski definition) is 0. The minimum absolute atomic E-state index is 0.926. The van der Waals surface area contributed by atoms with E-state index < -0.39 is 0 Å². The molecule has 4 rings (SSSR count). The average Bonchev–Trinajstić information content (AvgIpc) is 2.54. The molecule has 0 N–H and O–H groups in total. The highest BCUT2D eigenvalue weighted by molar-refractivity contribution is 5.97. The lowest BCUT2D eigenvalue weighted by Gasteiger charge is -2.16. The summed E-state index contributed by atoms with van der Waals surface area (Å²) in [6.07, 6.45) is 3.20. The van der Waals surface area contributed by atoms with Gasteiger partial charge < -0.3 is 0 Å². The van der Waals surface area contributed by atoms with E-state index in [1.807, 2.05) is 0 Å². The van der Waals surface area contributed by atoms with Gasteiger partial charge in [0.05, 0.1) is 0 Å². The molecule has 0 bridgehead atoms. The second-order valence-electron chi connectivity index (χ2n) is 5.50. The molecule has 0 nitrogen and oxygen atoms in total. The first-order valence-corrected chi connectivity index (χ1v) is 7.30. The summed E-state index contributed by atoms with van der Waals surface area (Å²) in [4.78, 5) is 0. The average molecular weight is 268 g/mol. The van der Waals surface area contributed by atoms with Crippen LogP contribution in [0.4, 0.5) is 0 Å². The summed E-state index contributed by atoms with van der Waals surface area (Å²) < 4.78 is 0. The van der Waals surface area contributed by atoms with Crippen LogP contribution in [0.15, 0.2) is 78.9 Å². The van der Waals surface area contributed by atoms with Crippen molar-refractivity contribution in [3.8, 4) is 0 Å². The minimum Gasteiger partial charge on any atom is -0.0949 e. The van der Waals surface area contributed by atoms with Gasteiger partial charge in [0.25, 0.3) is 0 Å². The summed E-state index contributed by atoms with van der Waals surface area (Å²) in [6, 6.07) is 23.7. The summed E-state index contributed by atoms with van der Waals surface area (Å²) >= 11 is 0. The van der Waals surface area contributed by atoms with Crippen LogP contribution in [-0.4, -0.2) is 0 Å². The van der Waals surface area contributed by atoms with Gasteiger partial charge in [0.1, 0.15) is 0 Å². The second-order valence-corrected chi connectivity index (χ2v) is 5.50. The molecule has 0 amide bonds. The number of hydrogen-bond acceptors (Lipinski definition) is 0. The van der Waals surface area contributed by atoms with Crippen LogP contribution in [0.2, 0.25) is 0 Å². The minimum atomic E-state index is 0.926. The lowest BCUT2D eigenvalue weighted by molar-refractivity contribution is 1.29. The van der Waals surface area contributed by atoms with Crippen LogP contribution in [0.25, 0.3) is 22.4 Å². The van der Waals surface area contributed by atoms with Gasteiger partial charge in [0, 0.05) is 0 Å². The summed E-state index contributed by atoms with van der Waals surface area (Å²) in [7, 11) is 0. The molecule has 1 aliphatic rings. The molecule has 3 aromatic rings. The fourth-order valence-electron chi connectivity index (χ4n) is 3.21. The van der Waals surface area contributed by atoms with Gasteiger partial charge in [-0.2, -0.15) is 0 Å². The van der Waals surface area contributed by atoms with E-state index in [9.17, 15) is 0 Å². The first kappa shape index (κ1) is 12.2. The Bertz CT molecular complexity index is 969. The van der Waals surface area contributed by atoms with E-state index in [4.69, 9.17) is 0 Å². The van der Waals surface area contributed by atoms with Gasteiger partial charge in [0.15, 0.2) is 0 Å². The van der Waals surface area contributed by atoms with E-state index in [1.165, 1.54) is 37.9 Å². The first-order valence-electron chi connectivity index (χ1n) is 7.30. The van der Waals surface area contributed by atoms with Crippen LogP contribution in [0.1, 0.15) is 12.0 Å². The Morgan fingerprint density at radius 2 is 1.52 bits per heavy atom. The highest BCUT2D eigenvalue weighted by Crippen LogP contribution is 2.29. The Balaban J connectivity index is 2.18. The van der Waals surface area contributed by atoms with Crippen molar-refractivity contribution in [2.24, 2.45) is 0 Å². The number of benzene rings is 3. The van der Waals surface area contributed by atoms with E-state index >= 15 is 0 Å². The number of rotatable bonds is 1. The second kappa shape index (κ2) is 4.75. The predicted molar refractivity (Wildman–Crippen MR) is 90.4 cm³/mol. The van der Waals surface area contributed by atoms with E-state index in [0.717, 1.165) is 6.42 Å². The molecule has 1 aliphatic carbocycles. The van der Waals surface area contributed by atoms with Crippen molar-refractivity contribution in [3.63, 3.8) is 0 Å². The van der Waals surface area contributed by atoms with Crippen molar-refractivity contribution in [3.05, 3.63) is 94.9 Å². The molecule has 0 heterocycles. The molecule has 0 spiro atoms. The van der Waals surface area contributed by atoms with Gasteiger partial charge in [-0.05, 0) is 44.3 Å². The summed E-state index contributed by atoms with van der Waals surface area (Å²) in [6.45, 7) is 4.31. The predicted octanol–water partition coefficient (Wildman–Crippen LogP) is 3.78. The van der Waals surface area contributed by atoms with Gasteiger partial charge >= 0.3 is 0 Å². The van der Waals surface area contributed by atoms with Crippen molar-refractivity contribution in [2.75, 3.05) is 0 Å². The zero-order valence-corrected chi connectivity index (χ0v) is 11.8. The SMILES string of the molecule is C=C1CC=c2ccccc2=C1c1cccc2ccccc12. The van der Waals surface area contributed by atoms with Crippen LogP contribution in [-0.2, 0) is 0 Å². The fourth-order valence-corrected chi connectivity index (χ4v) is 3.21. The lowest BCUT2D eigenvalue weighted by Crippen LogP contribution is -2.30. The van der Waals surface area contributed by atoms with Crippen molar-refractivity contribution >= 4 is 22.4 Å². The Morgan fingerprint density at radius 1 is 0.762 bits per heavy atom. The molecule has 0 fully saturated rings. The summed E-state index contributed by atoms with van der Waals surface area (Å²) in [5, 5.41) is 5.19. The lowest BCUT2D eigenvalue weighted by atomic mass is 9.87. The van der Waals surface area contributed by atoms with E-state index in [0.29, 0.717) is 0 Å². The van der Waals surface area contributed by atoms with Gasteiger partial charge in [-0.3, -0.25) is 0 Å². The highest BCUT2D eigenvalue weighted by atomic mass is 14.2. The van der Waals surface area contributed by atoms with Gasteiger partial charge in [-0.1, -0.05) is 79.4 Å². The number of allylic oxidation sites excluding steroid dienone is 1. The topological polar surface area (TPSA) is 0 Å². The van der Waals surface area contributed by atoms with E-state index in [-0.39, 0.29) is 0 Å². The quantitative estimate of drug-likeness (QED) is 0.630. The molecule has 0 radical (unpaired) electrons. The van der Waals surface area contributed by atoms with E-state index in [2.05, 4.69) is 79.4 Å². The van der Waals surface area contributed by atoms with Gasteiger partial charge in [-0.25, -0.2) is 0 Å². The molecule has 0 saturated heterocycles. The number of fused-ring (bicyclic) bond motifs is 2. The van der Waals surface area contributed by atoms with Gasteiger partial charge in [-0.15, -0.1) is 0 Å². The van der Waals surface area contributed by atoms with Crippen LogP contribution in [0.3, 0.4) is 0 Å². The van der Waals surface area contributed by atoms with Crippen LogP contribution < -0.4 is 10.4 Å². The van der Waals surface area contributed by atoms with Crippen molar-refractivity contribution < 1.29 is 0 Å². The van der Waals surface area contributed by atoms with E-state index in [1.54, 1.807) is 0 Å². The normalized spacial score (nSPS) is 13.9. The standard InChI is InChI=1S/C21H16/c1-15-13-14-17-8-3-5-11-19(17)21(15)20-12-6-9-16-7-2-4-10-18(16)20/h2-12,14H,1,13H2. The van der Waals surface area contributed by atoms with Crippen LogP contribution >= 0.6 is 0 Å². The Morgan fingerprint density at radius 3 is 2.48 bits per heavy atom. The zero-order valence-electron chi connectivity index (χ0n) is 11.8. The maximum Gasteiger partial charge on any atom is -0.00699 e. The fraction of sp³-hybridized carbons (Fsp3) is 0.0476. The highest BCUT2D eigenvalue weighted by Gasteiger charge is 2.13.